The van der Waals surface area contributed by atoms with Gasteiger partial charge in [0.05, 0.1) is 5.69 Å². The average Bonchev–Trinajstić information content (AvgIpc) is 2.64. The summed E-state index contributed by atoms with van der Waals surface area (Å²) in [5.41, 5.74) is 4.71. The predicted octanol–water partition coefficient (Wildman–Crippen LogP) is 0.309. The molecule has 0 aromatic heterocycles. The number of carboxylic acids is 1. The molecular weight excluding hydrogens is 392 g/mol. The summed E-state index contributed by atoms with van der Waals surface area (Å²) < 4.78 is 32.4. The van der Waals surface area contributed by atoms with Crippen LogP contribution in [0.1, 0.15) is 0 Å². The average molecular weight is 404 g/mol. The Hall–Kier alpha value is -3.57. The van der Waals surface area contributed by atoms with E-state index in [-0.39, 0.29) is 16.0 Å². The van der Waals surface area contributed by atoms with Crippen molar-refractivity contribution in [2.75, 3.05) is 5.43 Å². The third-order valence-corrected chi connectivity index (χ3v) is 4.93. The SMILES string of the molecule is O=C1C(=O)C(NNc2ccc3cccc(S(=O)(=O)O)c3c2)=CC(C(=O)O)C1=O. The zero-order valence-corrected chi connectivity index (χ0v) is 14.7. The van der Waals surface area contributed by atoms with Gasteiger partial charge in [0.25, 0.3) is 21.7 Å². The van der Waals surface area contributed by atoms with E-state index in [1.807, 2.05) is 0 Å². The van der Waals surface area contributed by atoms with E-state index in [1.165, 1.54) is 24.3 Å². The number of nitrogens with one attached hydrogen (secondary N) is 2. The second kappa shape index (κ2) is 6.87. The highest BCUT2D eigenvalue weighted by Gasteiger charge is 2.40. The van der Waals surface area contributed by atoms with Crippen molar-refractivity contribution in [2.24, 2.45) is 5.92 Å². The molecule has 0 heterocycles. The third kappa shape index (κ3) is 3.48. The predicted molar refractivity (Wildman–Crippen MR) is 94.8 cm³/mol. The van der Waals surface area contributed by atoms with Gasteiger partial charge in [0.15, 0.2) is 0 Å². The summed E-state index contributed by atoms with van der Waals surface area (Å²) in [6.07, 6.45) is 0.812. The molecule has 0 bridgehead atoms. The summed E-state index contributed by atoms with van der Waals surface area (Å²) in [7, 11) is -4.48. The molecule has 28 heavy (non-hydrogen) atoms. The number of aliphatic carboxylic acids is 1. The molecule has 4 N–H and O–H groups in total. The highest BCUT2D eigenvalue weighted by Crippen LogP contribution is 2.26. The number of carboxylic acid groups (broad SMARTS) is 1. The van der Waals surface area contributed by atoms with E-state index < -0.39 is 45.1 Å². The van der Waals surface area contributed by atoms with Crippen LogP contribution in [0.4, 0.5) is 5.69 Å². The van der Waals surface area contributed by atoms with Crippen LogP contribution in [0.25, 0.3) is 10.8 Å². The van der Waals surface area contributed by atoms with Gasteiger partial charge in [-0.15, -0.1) is 0 Å². The van der Waals surface area contributed by atoms with Crippen LogP contribution in [0.3, 0.4) is 0 Å². The van der Waals surface area contributed by atoms with Crippen molar-refractivity contribution in [1.82, 2.24) is 5.43 Å². The Morgan fingerprint density at radius 1 is 1.00 bits per heavy atom. The second-order valence-corrected chi connectivity index (χ2v) is 7.23. The standard InChI is InChI=1S/C17H12N2O8S/c20-14-11(17(23)24)7-12(15(21)16(14)22)19-18-9-5-4-8-2-1-3-13(10(8)6-9)28(25,26)27/h1-7,11,18-19H,(H,23,24)(H,25,26,27). The number of hydrogen-bond donors (Lipinski definition) is 4. The Morgan fingerprint density at radius 2 is 1.71 bits per heavy atom. The number of rotatable bonds is 5. The summed E-state index contributed by atoms with van der Waals surface area (Å²) in [5, 5.41) is 9.69. The first kappa shape index (κ1) is 19.2. The van der Waals surface area contributed by atoms with Crippen LogP contribution < -0.4 is 10.9 Å². The van der Waals surface area contributed by atoms with Crippen LogP contribution in [-0.2, 0) is 29.3 Å². The molecule has 1 atom stereocenters. The molecule has 0 aliphatic heterocycles. The van der Waals surface area contributed by atoms with Crippen molar-refractivity contribution in [3.05, 3.63) is 48.2 Å². The van der Waals surface area contributed by atoms with Gasteiger partial charge in [-0.25, -0.2) is 0 Å². The molecule has 10 nitrogen and oxygen atoms in total. The number of hydrogen-bond acceptors (Lipinski definition) is 8. The van der Waals surface area contributed by atoms with Gasteiger partial charge in [-0.05, 0) is 29.7 Å². The van der Waals surface area contributed by atoms with Gasteiger partial charge in [0, 0.05) is 5.39 Å². The maximum Gasteiger partial charge on any atom is 0.318 e. The van der Waals surface area contributed by atoms with Crippen LogP contribution >= 0.6 is 0 Å². The van der Waals surface area contributed by atoms with Crippen molar-refractivity contribution in [3.8, 4) is 0 Å². The number of Topliss-reactive ketones (excluding diaryl/α,β-unsaturated/α-hetero) is 3. The van der Waals surface area contributed by atoms with Crippen molar-refractivity contribution in [2.45, 2.75) is 4.90 Å². The first-order chi connectivity index (χ1) is 13.1. The van der Waals surface area contributed by atoms with Gasteiger partial charge >= 0.3 is 5.97 Å². The summed E-state index contributed by atoms with van der Waals surface area (Å²) in [6, 6.07) is 8.70. The number of ketones is 3. The molecule has 0 amide bonds. The number of hydrazine groups is 1. The van der Waals surface area contributed by atoms with Crippen molar-refractivity contribution in [1.29, 1.82) is 0 Å². The van der Waals surface area contributed by atoms with Crippen molar-refractivity contribution < 1.29 is 37.3 Å². The first-order valence-electron chi connectivity index (χ1n) is 7.69. The summed E-state index contributed by atoms with van der Waals surface area (Å²) in [6.45, 7) is 0. The normalized spacial score (nSPS) is 17.4. The first-order valence-corrected chi connectivity index (χ1v) is 9.13. The fourth-order valence-electron chi connectivity index (χ4n) is 2.66. The van der Waals surface area contributed by atoms with E-state index in [0.29, 0.717) is 5.39 Å². The molecule has 144 valence electrons. The molecule has 0 radical (unpaired) electrons. The van der Waals surface area contributed by atoms with Gasteiger partial charge in [-0.1, -0.05) is 18.2 Å². The number of carbonyl (C=O) groups excluding carboxylic acids is 3. The topological polar surface area (TPSA) is 167 Å². The molecule has 1 aliphatic carbocycles. The van der Waals surface area contributed by atoms with E-state index in [0.717, 1.165) is 6.08 Å². The molecule has 0 saturated heterocycles. The summed E-state index contributed by atoms with van der Waals surface area (Å²) in [5.74, 6) is -7.33. The maximum atomic E-state index is 11.9. The highest BCUT2D eigenvalue weighted by molar-refractivity contribution is 7.86. The van der Waals surface area contributed by atoms with E-state index in [9.17, 15) is 32.1 Å². The largest absolute Gasteiger partial charge is 0.480 e. The van der Waals surface area contributed by atoms with Crippen molar-refractivity contribution >= 4 is 49.9 Å². The van der Waals surface area contributed by atoms with Crippen LogP contribution in [0.5, 0.6) is 0 Å². The quantitative estimate of drug-likeness (QED) is 0.236. The van der Waals surface area contributed by atoms with E-state index in [2.05, 4.69) is 10.9 Å². The van der Waals surface area contributed by atoms with E-state index >= 15 is 0 Å². The fraction of sp³-hybridized carbons (Fsp3) is 0.0588. The highest BCUT2D eigenvalue weighted by atomic mass is 32.2. The van der Waals surface area contributed by atoms with Crippen LogP contribution in [0, 0.1) is 5.92 Å². The molecule has 1 aliphatic rings. The Balaban J connectivity index is 1.92. The number of benzene rings is 2. The van der Waals surface area contributed by atoms with Gasteiger partial charge in [0.1, 0.15) is 16.5 Å². The lowest BCUT2D eigenvalue weighted by molar-refractivity contribution is -0.150. The number of carbonyl (C=O) groups is 4. The summed E-state index contributed by atoms with van der Waals surface area (Å²) >= 11 is 0. The van der Waals surface area contributed by atoms with Crippen LogP contribution in [0.2, 0.25) is 0 Å². The Morgan fingerprint density at radius 3 is 2.36 bits per heavy atom. The minimum Gasteiger partial charge on any atom is -0.480 e. The molecule has 3 rings (SSSR count). The minimum atomic E-state index is -4.48. The van der Waals surface area contributed by atoms with E-state index in [1.54, 1.807) is 12.1 Å². The smallest absolute Gasteiger partial charge is 0.318 e. The minimum absolute atomic E-state index is 0.190. The lowest BCUT2D eigenvalue weighted by Crippen LogP contribution is -2.43. The van der Waals surface area contributed by atoms with Gasteiger partial charge in [-0.2, -0.15) is 8.42 Å². The molecular formula is C17H12N2O8S. The van der Waals surface area contributed by atoms with E-state index in [4.69, 9.17) is 5.11 Å². The number of fused-ring (bicyclic) bond motifs is 1. The van der Waals surface area contributed by atoms with Gasteiger partial charge in [-0.3, -0.25) is 29.2 Å². The van der Waals surface area contributed by atoms with Crippen LogP contribution in [-0.4, -0.2) is 41.4 Å². The Bertz CT molecular complexity index is 1180. The fourth-order valence-corrected chi connectivity index (χ4v) is 3.37. The molecule has 0 spiro atoms. The Kier molecular flexibility index (Phi) is 4.71. The third-order valence-electron chi connectivity index (χ3n) is 4.02. The molecule has 1 unspecified atom stereocenters. The molecule has 11 heteroatoms. The molecule has 0 fully saturated rings. The molecule has 0 saturated carbocycles. The second-order valence-electron chi connectivity index (χ2n) is 5.84. The van der Waals surface area contributed by atoms with Crippen LogP contribution in [0.15, 0.2) is 53.1 Å². The van der Waals surface area contributed by atoms with Crippen molar-refractivity contribution in [3.63, 3.8) is 0 Å². The number of anilines is 1. The van der Waals surface area contributed by atoms with Gasteiger partial charge in [0.2, 0.25) is 5.78 Å². The lowest BCUT2D eigenvalue weighted by Gasteiger charge is -2.18. The Labute approximate surface area is 157 Å². The molecule has 2 aromatic rings. The maximum absolute atomic E-state index is 11.9. The monoisotopic (exact) mass is 404 g/mol. The zero-order valence-electron chi connectivity index (χ0n) is 13.9. The van der Waals surface area contributed by atoms with Gasteiger partial charge < -0.3 is 10.5 Å². The summed E-state index contributed by atoms with van der Waals surface area (Å²) in [4.78, 5) is 45.8. The number of allylic oxidation sites excluding steroid dienone is 1. The lowest BCUT2D eigenvalue weighted by atomic mass is 9.90. The molecule has 2 aromatic carbocycles. The zero-order chi connectivity index (χ0) is 20.6.